The van der Waals surface area contributed by atoms with Gasteiger partial charge in [-0.05, 0) is 84.8 Å². The number of anilines is 2. The smallest absolute Gasteiger partial charge is 0.261 e. The molecule has 33 heavy (non-hydrogen) atoms. The summed E-state index contributed by atoms with van der Waals surface area (Å²) in [5.74, 6) is 0.343. The predicted octanol–water partition coefficient (Wildman–Crippen LogP) is 7.24. The summed E-state index contributed by atoms with van der Waals surface area (Å²) in [4.78, 5) is 0.256. The molecule has 0 fully saturated rings. The molecule has 1 heterocycles. The number of hydrogen-bond donors (Lipinski definition) is 2. The van der Waals surface area contributed by atoms with Crippen molar-refractivity contribution in [1.82, 2.24) is 0 Å². The molecule has 0 saturated heterocycles. The molecule has 3 aromatic rings. The summed E-state index contributed by atoms with van der Waals surface area (Å²) in [6.45, 7) is 3.84. The highest BCUT2D eigenvalue weighted by Gasteiger charge is 2.39. The van der Waals surface area contributed by atoms with Crippen molar-refractivity contribution in [3.8, 4) is 0 Å². The lowest BCUT2D eigenvalue weighted by Gasteiger charge is -2.38. The van der Waals surface area contributed by atoms with Gasteiger partial charge in [-0.1, -0.05) is 53.6 Å². The summed E-state index contributed by atoms with van der Waals surface area (Å²) in [6.07, 6.45) is 5.23. The fraction of sp³-hybridized carbons (Fsp3) is 0.231. The molecule has 0 spiro atoms. The van der Waals surface area contributed by atoms with Gasteiger partial charge in [0.05, 0.1) is 16.6 Å². The molecular weight excluding hydrogens is 475 g/mol. The van der Waals surface area contributed by atoms with Crippen LogP contribution in [0.4, 0.5) is 11.4 Å². The molecule has 0 aromatic heterocycles. The van der Waals surface area contributed by atoms with E-state index in [4.69, 9.17) is 23.2 Å². The fourth-order valence-electron chi connectivity index (χ4n) is 4.85. The molecule has 1 aliphatic heterocycles. The van der Waals surface area contributed by atoms with Gasteiger partial charge in [0.2, 0.25) is 0 Å². The van der Waals surface area contributed by atoms with Crippen LogP contribution in [0, 0.1) is 19.8 Å². The summed E-state index contributed by atoms with van der Waals surface area (Å²) in [7, 11) is -3.73. The SMILES string of the molecule is Cc1ccc(C)c(NS(=O)(=O)c2ccc3c(c2)[C@H]2C=CC[C@H]2[C@@H](c2ccc(Cl)cc2Cl)N3)c1. The number of aryl methyl sites for hydroxylation is 2. The van der Waals surface area contributed by atoms with E-state index < -0.39 is 10.0 Å². The lowest BCUT2D eigenvalue weighted by Crippen LogP contribution is -2.29. The van der Waals surface area contributed by atoms with Gasteiger partial charge in [-0.3, -0.25) is 4.72 Å². The number of nitrogens with one attached hydrogen (secondary N) is 2. The first kappa shape index (κ1) is 22.3. The van der Waals surface area contributed by atoms with Gasteiger partial charge in [-0.25, -0.2) is 8.42 Å². The first-order chi connectivity index (χ1) is 15.7. The predicted molar refractivity (Wildman–Crippen MR) is 136 cm³/mol. The monoisotopic (exact) mass is 498 g/mol. The van der Waals surface area contributed by atoms with Crippen LogP contribution in [-0.4, -0.2) is 8.42 Å². The lowest BCUT2D eigenvalue weighted by molar-refractivity contribution is 0.425. The van der Waals surface area contributed by atoms with E-state index in [9.17, 15) is 8.42 Å². The molecule has 5 rings (SSSR count). The van der Waals surface area contributed by atoms with E-state index in [1.54, 1.807) is 18.2 Å². The molecule has 2 N–H and O–H groups in total. The van der Waals surface area contributed by atoms with Crippen molar-refractivity contribution < 1.29 is 8.42 Å². The van der Waals surface area contributed by atoms with E-state index in [1.807, 2.05) is 50.2 Å². The van der Waals surface area contributed by atoms with Crippen molar-refractivity contribution in [1.29, 1.82) is 0 Å². The third-order valence-electron chi connectivity index (χ3n) is 6.58. The third kappa shape index (κ3) is 4.14. The van der Waals surface area contributed by atoms with Gasteiger partial charge in [0.15, 0.2) is 0 Å². The van der Waals surface area contributed by atoms with Crippen LogP contribution in [0.2, 0.25) is 10.0 Å². The maximum Gasteiger partial charge on any atom is 0.261 e. The number of benzene rings is 3. The second-order valence-corrected chi connectivity index (χ2v) is 11.3. The van der Waals surface area contributed by atoms with Crippen molar-refractivity contribution in [2.24, 2.45) is 5.92 Å². The van der Waals surface area contributed by atoms with Crippen molar-refractivity contribution >= 4 is 44.6 Å². The normalized spacial score (nSPS) is 21.3. The van der Waals surface area contributed by atoms with Gasteiger partial charge in [0, 0.05) is 21.7 Å². The first-order valence-electron chi connectivity index (χ1n) is 10.8. The van der Waals surface area contributed by atoms with Gasteiger partial charge in [0.1, 0.15) is 0 Å². The highest BCUT2D eigenvalue weighted by molar-refractivity contribution is 7.92. The summed E-state index contributed by atoms with van der Waals surface area (Å²) >= 11 is 12.6. The molecule has 3 atom stereocenters. The van der Waals surface area contributed by atoms with Crippen molar-refractivity contribution in [2.75, 3.05) is 10.0 Å². The van der Waals surface area contributed by atoms with Crippen LogP contribution in [0.25, 0.3) is 0 Å². The molecule has 0 saturated carbocycles. The molecular formula is C26H24Cl2N2O2S. The average molecular weight is 499 g/mol. The Balaban J connectivity index is 1.51. The Morgan fingerprint density at radius 2 is 1.79 bits per heavy atom. The Bertz CT molecular complexity index is 1390. The number of rotatable bonds is 4. The van der Waals surface area contributed by atoms with Gasteiger partial charge in [-0.2, -0.15) is 0 Å². The van der Waals surface area contributed by atoms with E-state index in [0.717, 1.165) is 34.4 Å². The van der Waals surface area contributed by atoms with Crippen LogP contribution in [0.15, 0.2) is 71.6 Å². The topological polar surface area (TPSA) is 58.2 Å². The Kier molecular flexibility index (Phi) is 5.68. The maximum absolute atomic E-state index is 13.2. The van der Waals surface area contributed by atoms with E-state index in [1.165, 1.54) is 0 Å². The van der Waals surface area contributed by atoms with Gasteiger partial charge >= 0.3 is 0 Å². The Labute approximate surface area is 204 Å². The molecule has 0 bridgehead atoms. The minimum absolute atomic E-state index is 0.0118. The minimum atomic E-state index is -3.73. The largest absolute Gasteiger partial charge is 0.378 e. The first-order valence-corrected chi connectivity index (χ1v) is 13.1. The minimum Gasteiger partial charge on any atom is -0.378 e. The van der Waals surface area contributed by atoms with E-state index in [0.29, 0.717) is 15.7 Å². The Morgan fingerprint density at radius 1 is 0.970 bits per heavy atom. The van der Waals surface area contributed by atoms with Crippen molar-refractivity contribution in [2.45, 2.75) is 37.1 Å². The molecule has 0 unspecified atom stereocenters. The third-order valence-corrected chi connectivity index (χ3v) is 8.51. The van der Waals surface area contributed by atoms with Gasteiger partial charge in [0.25, 0.3) is 10.0 Å². The Hall–Kier alpha value is -2.47. The quantitative estimate of drug-likeness (QED) is 0.372. The van der Waals surface area contributed by atoms with Crippen molar-refractivity contribution in [3.05, 3.63) is 99.0 Å². The number of hydrogen-bond acceptors (Lipinski definition) is 3. The lowest BCUT2D eigenvalue weighted by atomic mass is 9.77. The number of fused-ring (bicyclic) bond motifs is 3. The highest BCUT2D eigenvalue weighted by Crippen LogP contribution is 2.51. The molecule has 7 heteroatoms. The van der Waals surface area contributed by atoms with Crippen LogP contribution < -0.4 is 10.0 Å². The Morgan fingerprint density at radius 3 is 2.58 bits per heavy atom. The molecule has 1 aliphatic carbocycles. The van der Waals surface area contributed by atoms with E-state index in [-0.39, 0.29) is 22.8 Å². The summed E-state index contributed by atoms with van der Waals surface area (Å²) in [5, 5.41) is 4.84. The number of sulfonamides is 1. The molecule has 2 aliphatic rings. The van der Waals surface area contributed by atoms with Gasteiger partial charge in [-0.15, -0.1) is 0 Å². The fourth-order valence-corrected chi connectivity index (χ4v) is 6.53. The maximum atomic E-state index is 13.2. The highest BCUT2D eigenvalue weighted by atomic mass is 35.5. The zero-order valence-electron chi connectivity index (χ0n) is 18.3. The summed E-state index contributed by atoms with van der Waals surface area (Å²) in [6, 6.07) is 16.6. The average Bonchev–Trinajstić information content (AvgIpc) is 3.26. The van der Waals surface area contributed by atoms with Crippen LogP contribution in [0.3, 0.4) is 0 Å². The van der Waals surface area contributed by atoms with Crippen LogP contribution in [0.1, 0.15) is 40.6 Å². The second-order valence-electron chi connectivity index (χ2n) is 8.81. The summed E-state index contributed by atoms with van der Waals surface area (Å²) < 4.78 is 29.2. The molecule has 3 aromatic carbocycles. The number of allylic oxidation sites excluding steroid dienone is 2. The van der Waals surface area contributed by atoms with Crippen LogP contribution in [0.5, 0.6) is 0 Å². The summed E-state index contributed by atoms with van der Waals surface area (Å²) in [5.41, 5.74) is 5.38. The molecule has 4 nitrogen and oxygen atoms in total. The van der Waals surface area contributed by atoms with E-state index >= 15 is 0 Å². The van der Waals surface area contributed by atoms with Crippen LogP contribution in [-0.2, 0) is 10.0 Å². The van der Waals surface area contributed by atoms with Crippen LogP contribution >= 0.6 is 23.2 Å². The molecule has 170 valence electrons. The molecule has 0 amide bonds. The van der Waals surface area contributed by atoms with Gasteiger partial charge < -0.3 is 5.32 Å². The zero-order chi connectivity index (χ0) is 23.3. The standard InChI is InChI=1S/C26H24Cl2N2O2S/c1-15-6-7-16(2)25(12-15)30-33(31,32)18-9-11-24-22(14-18)19-4-3-5-20(19)26(29-24)21-10-8-17(27)13-23(21)28/h3-4,6-14,19-20,26,29-30H,5H2,1-2H3/t19-,20+,26-/m0/s1. The zero-order valence-corrected chi connectivity index (χ0v) is 20.6. The second kappa shape index (κ2) is 8.39. The number of halogens is 2. The van der Waals surface area contributed by atoms with Crippen molar-refractivity contribution in [3.63, 3.8) is 0 Å². The molecule has 0 radical (unpaired) electrons. The van der Waals surface area contributed by atoms with E-state index in [2.05, 4.69) is 22.2 Å².